The van der Waals surface area contributed by atoms with Crippen LogP contribution in [0.2, 0.25) is 0 Å². The zero-order chi connectivity index (χ0) is 31.1. The van der Waals surface area contributed by atoms with E-state index in [4.69, 9.17) is 19.6 Å². The minimum Gasteiger partial charge on any atom is -0.494 e. The normalized spacial score (nSPS) is 19.9. The molecule has 0 radical (unpaired) electrons. The van der Waals surface area contributed by atoms with Crippen LogP contribution in [0.5, 0.6) is 5.75 Å². The summed E-state index contributed by atoms with van der Waals surface area (Å²) in [6, 6.07) is 34.1. The highest BCUT2D eigenvalue weighted by Gasteiger charge is 2.53. The van der Waals surface area contributed by atoms with Crippen LogP contribution in [0, 0.1) is 0 Å². The average molecular weight is 669 g/mol. The molecule has 0 aromatic heterocycles. The molecule has 2 atom stereocenters. The van der Waals surface area contributed by atoms with Crippen molar-refractivity contribution in [1.82, 2.24) is 10.4 Å². The molecular formula is C37H38BrN3O4. The number of halogens is 1. The second-order valence-electron chi connectivity index (χ2n) is 11.6. The highest BCUT2D eigenvalue weighted by Crippen LogP contribution is 2.43. The van der Waals surface area contributed by atoms with Gasteiger partial charge >= 0.3 is 0 Å². The maximum absolute atomic E-state index is 14.6. The molecular weight excluding hydrogens is 630 g/mol. The molecule has 0 aliphatic carbocycles. The molecule has 232 valence electrons. The van der Waals surface area contributed by atoms with Gasteiger partial charge in [-0.05, 0) is 71.5 Å². The summed E-state index contributed by atoms with van der Waals surface area (Å²) in [4.78, 5) is 19.8. The molecule has 7 nitrogen and oxygen atoms in total. The van der Waals surface area contributed by atoms with Gasteiger partial charge in [0.1, 0.15) is 5.75 Å². The molecule has 2 heterocycles. The molecule has 6 rings (SSSR count). The molecule has 4 aromatic rings. The number of nitrogens with one attached hydrogen (secondary N) is 1. The van der Waals surface area contributed by atoms with Gasteiger partial charge in [-0.1, -0.05) is 89.1 Å². The molecule has 2 aliphatic heterocycles. The van der Waals surface area contributed by atoms with E-state index in [0.717, 1.165) is 64.6 Å². The standard InChI is InChI=1S/C37H38BrN3O4/c38-32-18-10-27(11-19-32)26-37(36(43)40-41-22-5-2-6-23-41)34(30-14-12-29(13-15-30)28-8-3-1-4-9-28)45-35(39-37)31-16-20-33(21-17-31)44-25-7-24-42/h1,3-4,8-21,34,42H,2,5-7,22-26H2,(H,40,43)/t34-,37-/m0/s1. The van der Waals surface area contributed by atoms with E-state index < -0.39 is 11.6 Å². The third kappa shape index (κ3) is 7.30. The molecule has 2 N–H and O–H groups in total. The molecule has 45 heavy (non-hydrogen) atoms. The molecule has 1 amide bonds. The van der Waals surface area contributed by atoms with Crippen molar-refractivity contribution in [3.63, 3.8) is 0 Å². The summed E-state index contributed by atoms with van der Waals surface area (Å²) in [6.45, 7) is 2.13. The Morgan fingerprint density at radius 1 is 0.889 bits per heavy atom. The summed E-state index contributed by atoms with van der Waals surface area (Å²) in [5.41, 5.74) is 6.82. The quantitative estimate of drug-likeness (QED) is 0.170. The van der Waals surface area contributed by atoms with Crippen LogP contribution in [-0.2, 0) is 16.0 Å². The van der Waals surface area contributed by atoms with Gasteiger partial charge < -0.3 is 14.6 Å². The number of carbonyl (C=O) groups is 1. The van der Waals surface area contributed by atoms with E-state index in [2.05, 4.69) is 45.6 Å². The number of aliphatic hydroxyl groups is 1. The largest absolute Gasteiger partial charge is 0.494 e. The smallest absolute Gasteiger partial charge is 0.266 e. The number of aliphatic imine (C=N–C) groups is 1. The van der Waals surface area contributed by atoms with Crippen molar-refractivity contribution in [2.45, 2.75) is 43.7 Å². The third-order valence-electron chi connectivity index (χ3n) is 8.35. The van der Waals surface area contributed by atoms with E-state index in [-0.39, 0.29) is 12.5 Å². The van der Waals surface area contributed by atoms with Gasteiger partial charge in [0.2, 0.25) is 5.90 Å². The SMILES string of the molecule is O=C(NN1CCCCC1)[C@@]1(Cc2ccc(Br)cc2)N=C(c2ccc(OCCCO)cc2)O[C@H]1c1ccc(-c2ccccc2)cc1. The van der Waals surface area contributed by atoms with Gasteiger partial charge in [-0.15, -0.1) is 0 Å². The Hall–Kier alpha value is -3.98. The second kappa shape index (κ2) is 14.4. The minimum absolute atomic E-state index is 0.0798. The highest BCUT2D eigenvalue weighted by atomic mass is 79.9. The van der Waals surface area contributed by atoms with Crippen LogP contribution in [0.25, 0.3) is 11.1 Å². The molecule has 8 heteroatoms. The van der Waals surface area contributed by atoms with Crippen LogP contribution in [-0.4, -0.2) is 53.8 Å². The van der Waals surface area contributed by atoms with Gasteiger partial charge in [0, 0.05) is 42.6 Å². The first-order chi connectivity index (χ1) is 22.0. The lowest BCUT2D eigenvalue weighted by molar-refractivity contribution is -0.134. The highest BCUT2D eigenvalue weighted by molar-refractivity contribution is 9.10. The Morgan fingerprint density at radius 2 is 1.56 bits per heavy atom. The van der Waals surface area contributed by atoms with E-state index in [9.17, 15) is 4.79 Å². The van der Waals surface area contributed by atoms with Crippen LogP contribution in [0.15, 0.2) is 113 Å². The Morgan fingerprint density at radius 3 is 2.24 bits per heavy atom. The van der Waals surface area contributed by atoms with Crippen LogP contribution in [0.1, 0.15) is 48.5 Å². The average Bonchev–Trinajstić information content (AvgIpc) is 3.47. The van der Waals surface area contributed by atoms with E-state index in [1.54, 1.807) is 0 Å². The monoisotopic (exact) mass is 667 g/mol. The Kier molecular flexibility index (Phi) is 9.94. The number of benzene rings is 4. The summed E-state index contributed by atoms with van der Waals surface area (Å²) in [6.07, 6.45) is 3.51. The maximum Gasteiger partial charge on any atom is 0.266 e. The van der Waals surface area contributed by atoms with Crippen molar-refractivity contribution < 1.29 is 19.4 Å². The maximum atomic E-state index is 14.6. The zero-order valence-electron chi connectivity index (χ0n) is 25.2. The van der Waals surface area contributed by atoms with Gasteiger partial charge in [-0.25, -0.2) is 10.0 Å². The van der Waals surface area contributed by atoms with Crippen LogP contribution < -0.4 is 10.2 Å². The summed E-state index contributed by atoms with van der Waals surface area (Å²) >= 11 is 3.55. The first-order valence-corrected chi connectivity index (χ1v) is 16.4. The molecule has 1 saturated heterocycles. The molecule has 0 unspecified atom stereocenters. The topological polar surface area (TPSA) is 83.4 Å². The van der Waals surface area contributed by atoms with Crippen molar-refractivity contribution in [3.05, 3.63) is 124 Å². The van der Waals surface area contributed by atoms with Crippen LogP contribution in [0.4, 0.5) is 0 Å². The lowest BCUT2D eigenvalue weighted by Crippen LogP contribution is -2.56. The number of carbonyl (C=O) groups excluding carboxylic acids is 1. The van der Waals surface area contributed by atoms with E-state index >= 15 is 0 Å². The van der Waals surface area contributed by atoms with Crippen molar-refractivity contribution in [2.24, 2.45) is 4.99 Å². The molecule has 4 aromatic carbocycles. The summed E-state index contributed by atoms with van der Waals surface area (Å²) < 4.78 is 13.4. The number of hydrogen-bond acceptors (Lipinski definition) is 6. The van der Waals surface area contributed by atoms with E-state index in [1.165, 1.54) is 0 Å². The number of ether oxygens (including phenoxy) is 2. The number of aliphatic hydroxyl groups excluding tert-OH is 1. The van der Waals surface area contributed by atoms with Gasteiger partial charge in [0.15, 0.2) is 11.6 Å². The van der Waals surface area contributed by atoms with E-state index in [1.807, 2.05) is 83.9 Å². The van der Waals surface area contributed by atoms with Gasteiger partial charge in [0.05, 0.1) is 6.61 Å². The molecule has 0 bridgehead atoms. The number of nitrogens with zero attached hydrogens (tertiary/aromatic N) is 2. The fourth-order valence-corrected chi connectivity index (χ4v) is 6.19. The first kappa shape index (κ1) is 31.0. The number of rotatable bonds is 11. The van der Waals surface area contributed by atoms with Crippen molar-refractivity contribution in [3.8, 4) is 16.9 Å². The summed E-state index contributed by atoms with van der Waals surface area (Å²) in [7, 11) is 0. The van der Waals surface area contributed by atoms with Gasteiger partial charge in [0.25, 0.3) is 5.91 Å². The van der Waals surface area contributed by atoms with Crippen molar-refractivity contribution in [1.29, 1.82) is 0 Å². The fourth-order valence-electron chi connectivity index (χ4n) is 5.92. The van der Waals surface area contributed by atoms with Crippen molar-refractivity contribution in [2.75, 3.05) is 26.3 Å². The summed E-state index contributed by atoms with van der Waals surface area (Å²) in [5.74, 6) is 0.936. The zero-order valence-corrected chi connectivity index (χ0v) is 26.8. The molecule has 0 saturated carbocycles. The number of piperidine rings is 1. The number of hydrogen-bond donors (Lipinski definition) is 2. The number of amides is 1. The Balaban J connectivity index is 1.40. The van der Waals surface area contributed by atoms with Gasteiger partial charge in [-0.3, -0.25) is 10.2 Å². The molecule has 2 aliphatic rings. The van der Waals surface area contributed by atoms with E-state index in [0.29, 0.717) is 31.1 Å². The second-order valence-corrected chi connectivity index (χ2v) is 12.5. The lowest BCUT2D eigenvalue weighted by atomic mass is 9.82. The van der Waals surface area contributed by atoms with Gasteiger partial charge in [-0.2, -0.15) is 0 Å². The van der Waals surface area contributed by atoms with Crippen molar-refractivity contribution >= 4 is 27.7 Å². The third-order valence-corrected chi connectivity index (χ3v) is 8.88. The number of hydrazine groups is 1. The van der Waals surface area contributed by atoms with Crippen LogP contribution in [0.3, 0.4) is 0 Å². The Labute approximate surface area is 273 Å². The Bertz CT molecular complexity index is 1590. The molecule has 1 fully saturated rings. The molecule has 0 spiro atoms. The lowest BCUT2D eigenvalue weighted by Gasteiger charge is -2.34. The fraction of sp³-hybridized carbons (Fsp3) is 0.297. The predicted octanol–water partition coefficient (Wildman–Crippen LogP) is 6.89. The minimum atomic E-state index is -1.26. The predicted molar refractivity (Wildman–Crippen MR) is 180 cm³/mol. The first-order valence-electron chi connectivity index (χ1n) is 15.6. The van der Waals surface area contributed by atoms with Crippen LogP contribution >= 0.6 is 15.9 Å². The summed E-state index contributed by atoms with van der Waals surface area (Å²) in [5, 5.41) is 11.1.